The van der Waals surface area contributed by atoms with Gasteiger partial charge in [-0.1, -0.05) is 42.8 Å². The Labute approximate surface area is 126 Å². The summed E-state index contributed by atoms with van der Waals surface area (Å²) in [7, 11) is 0. The molecule has 110 valence electrons. The molecule has 2 rings (SSSR count). The van der Waals surface area contributed by atoms with E-state index in [1.54, 1.807) is 0 Å². The molecule has 2 nitrogen and oxygen atoms in total. The topological polar surface area (TPSA) is 26.3 Å². The minimum Gasteiger partial charge on any atom is -0.488 e. The predicted molar refractivity (Wildman–Crippen MR) is 86.2 cm³/mol. The maximum atomic E-state index is 11.4. The van der Waals surface area contributed by atoms with E-state index in [9.17, 15) is 4.79 Å². The Kier molecular flexibility index (Phi) is 4.79. The lowest BCUT2D eigenvalue weighted by Gasteiger charge is -2.15. The largest absolute Gasteiger partial charge is 0.488 e. The Hall–Kier alpha value is -2.09. The number of carbonyl (C=O) groups excluding carboxylic acids is 1. The van der Waals surface area contributed by atoms with E-state index < -0.39 is 0 Å². The third-order valence-electron chi connectivity index (χ3n) is 3.78. The number of aryl methyl sites for hydroxylation is 4. The summed E-state index contributed by atoms with van der Waals surface area (Å²) in [4.78, 5) is 11.4. The minimum absolute atomic E-state index is 0.425. The van der Waals surface area contributed by atoms with Crippen molar-refractivity contribution in [1.82, 2.24) is 0 Å². The van der Waals surface area contributed by atoms with E-state index in [0.717, 1.165) is 51.8 Å². The highest BCUT2D eigenvalue weighted by atomic mass is 16.5. The average Bonchev–Trinajstić information content (AvgIpc) is 2.46. The molecule has 2 heteroatoms. The lowest BCUT2D eigenvalue weighted by molar-refractivity contribution is 0.112. The molecule has 0 heterocycles. The van der Waals surface area contributed by atoms with Crippen molar-refractivity contribution >= 4 is 6.29 Å². The van der Waals surface area contributed by atoms with Crippen LogP contribution in [0.3, 0.4) is 0 Å². The molecule has 0 aliphatic carbocycles. The highest BCUT2D eigenvalue weighted by Crippen LogP contribution is 2.25. The molecular weight excluding hydrogens is 260 g/mol. The first-order valence-electron chi connectivity index (χ1n) is 7.33. The van der Waals surface area contributed by atoms with Crippen molar-refractivity contribution in [3.63, 3.8) is 0 Å². The molecule has 0 aliphatic heterocycles. The molecule has 0 saturated heterocycles. The molecule has 2 aromatic rings. The summed E-state index contributed by atoms with van der Waals surface area (Å²) < 4.78 is 5.99. The number of rotatable bonds is 5. The number of aldehydes is 1. The summed E-state index contributed by atoms with van der Waals surface area (Å²) in [5.74, 6) is 0.911. The predicted octanol–water partition coefficient (Wildman–Crippen LogP) is 4.57. The molecule has 0 atom stereocenters. The molecule has 21 heavy (non-hydrogen) atoms. The highest BCUT2D eigenvalue weighted by molar-refractivity contribution is 5.80. The highest BCUT2D eigenvalue weighted by Gasteiger charge is 2.10. The Balaban J connectivity index is 2.32. The average molecular weight is 282 g/mol. The standard InChI is InChI=1S/C19H22O2/c1-5-16-9-13(2)10-17(18(16)11-20)12-21-19-14(3)7-6-8-15(19)4/h6-11H,5,12H2,1-4H3. The summed E-state index contributed by atoms with van der Waals surface area (Å²) in [6, 6.07) is 10.2. The van der Waals surface area contributed by atoms with Gasteiger partial charge in [0.15, 0.2) is 6.29 Å². The molecule has 0 fully saturated rings. The number of para-hydroxylation sites is 1. The molecule has 0 aromatic heterocycles. The SMILES string of the molecule is CCc1cc(C)cc(COc2c(C)cccc2C)c1C=O. The number of ether oxygens (including phenoxy) is 1. The van der Waals surface area contributed by atoms with Gasteiger partial charge in [-0.25, -0.2) is 0 Å². The quantitative estimate of drug-likeness (QED) is 0.751. The second-order valence-corrected chi connectivity index (χ2v) is 5.48. The van der Waals surface area contributed by atoms with Gasteiger partial charge in [0, 0.05) is 11.1 Å². The van der Waals surface area contributed by atoms with Crippen molar-refractivity contribution in [3.05, 3.63) is 63.7 Å². The fourth-order valence-electron chi connectivity index (χ4n) is 2.69. The van der Waals surface area contributed by atoms with E-state index in [-0.39, 0.29) is 0 Å². The van der Waals surface area contributed by atoms with Crippen molar-refractivity contribution in [2.75, 3.05) is 0 Å². The second-order valence-electron chi connectivity index (χ2n) is 5.48. The molecule has 0 bridgehead atoms. The van der Waals surface area contributed by atoms with Gasteiger partial charge in [0.1, 0.15) is 12.4 Å². The van der Waals surface area contributed by atoms with Crippen LogP contribution in [0, 0.1) is 20.8 Å². The monoisotopic (exact) mass is 282 g/mol. The van der Waals surface area contributed by atoms with Crippen LogP contribution in [0.15, 0.2) is 30.3 Å². The maximum absolute atomic E-state index is 11.4. The molecular formula is C19H22O2. The van der Waals surface area contributed by atoms with Crippen molar-refractivity contribution < 1.29 is 9.53 Å². The zero-order valence-electron chi connectivity index (χ0n) is 13.2. The van der Waals surface area contributed by atoms with Crippen LogP contribution in [-0.2, 0) is 13.0 Å². The Bertz CT molecular complexity index is 637. The maximum Gasteiger partial charge on any atom is 0.150 e. The first-order valence-corrected chi connectivity index (χ1v) is 7.33. The van der Waals surface area contributed by atoms with Crippen molar-refractivity contribution in [2.24, 2.45) is 0 Å². The Morgan fingerprint density at radius 1 is 1.05 bits per heavy atom. The van der Waals surface area contributed by atoms with Crippen LogP contribution in [0.1, 0.15) is 45.1 Å². The van der Waals surface area contributed by atoms with E-state index in [1.807, 2.05) is 38.1 Å². The van der Waals surface area contributed by atoms with Crippen LogP contribution in [0.2, 0.25) is 0 Å². The van der Waals surface area contributed by atoms with Crippen molar-refractivity contribution in [2.45, 2.75) is 40.7 Å². The molecule has 0 saturated carbocycles. The fourth-order valence-corrected chi connectivity index (χ4v) is 2.69. The Morgan fingerprint density at radius 3 is 2.24 bits per heavy atom. The summed E-state index contributed by atoms with van der Waals surface area (Å²) in [5.41, 5.74) is 6.22. The molecule has 0 aliphatic rings. The van der Waals surface area contributed by atoms with Crippen LogP contribution in [0.4, 0.5) is 0 Å². The summed E-state index contributed by atoms with van der Waals surface area (Å²) in [6.45, 7) is 8.62. The van der Waals surface area contributed by atoms with E-state index >= 15 is 0 Å². The van der Waals surface area contributed by atoms with E-state index in [1.165, 1.54) is 0 Å². The van der Waals surface area contributed by atoms with Crippen LogP contribution in [-0.4, -0.2) is 6.29 Å². The molecule has 0 radical (unpaired) electrons. The van der Waals surface area contributed by atoms with Gasteiger partial charge >= 0.3 is 0 Å². The third-order valence-corrected chi connectivity index (χ3v) is 3.78. The third kappa shape index (κ3) is 3.33. The van der Waals surface area contributed by atoms with Gasteiger partial charge in [-0.15, -0.1) is 0 Å². The lowest BCUT2D eigenvalue weighted by atomic mass is 9.97. The zero-order valence-corrected chi connectivity index (χ0v) is 13.2. The normalized spacial score (nSPS) is 10.5. The number of benzene rings is 2. The van der Waals surface area contributed by atoms with Gasteiger partial charge in [0.05, 0.1) is 0 Å². The molecule has 2 aromatic carbocycles. The number of carbonyl (C=O) groups is 1. The first kappa shape index (κ1) is 15.3. The van der Waals surface area contributed by atoms with E-state index in [2.05, 4.69) is 19.9 Å². The first-order chi connectivity index (χ1) is 10.1. The van der Waals surface area contributed by atoms with Gasteiger partial charge in [-0.05, 0) is 43.9 Å². The van der Waals surface area contributed by atoms with Crippen molar-refractivity contribution in [3.8, 4) is 5.75 Å². The molecule has 0 amide bonds. The Morgan fingerprint density at radius 2 is 1.67 bits per heavy atom. The smallest absolute Gasteiger partial charge is 0.150 e. The van der Waals surface area contributed by atoms with Crippen molar-refractivity contribution in [1.29, 1.82) is 0 Å². The number of hydrogen-bond acceptors (Lipinski definition) is 2. The van der Waals surface area contributed by atoms with E-state index in [0.29, 0.717) is 6.61 Å². The summed E-state index contributed by atoms with van der Waals surface area (Å²) in [5, 5.41) is 0. The van der Waals surface area contributed by atoms with Gasteiger partial charge in [-0.2, -0.15) is 0 Å². The minimum atomic E-state index is 0.425. The summed E-state index contributed by atoms with van der Waals surface area (Å²) in [6.07, 6.45) is 1.80. The zero-order chi connectivity index (χ0) is 15.4. The second kappa shape index (κ2) is 6.57. The van der Waals surface area contributed by atoms with E-state index in [4.69, 9.17) is 4.74 Å². The molecule has 0 spiro atoms. The van der Waals surface area contributed by atoms with Crippen LogP contribution < -0.4 is 4.74 Å². The van der Waals surface area contributed by atoms with Gasteiger partial charge in [-0.3, -0.25) is 4.79 Å². The van der Waals surface area contributed by atoms with Crippen LogP contribution in [0.5, 0.6) is 5.75 Å². The van der Waals surface area contributed by atoms with Gasteiger partial charge in [0.25, 0.3) is 0 Å². The molecule has 0 N–H and O–H groups in total. The van der Waals surface area contributed by atoms with Crippen LogP contribution >= 0.6 is 0 Å². The van der Waals surface area contributed by atoms with Crippen LogP contribution in [0.25, 0.3) is 0 Å². The summed E-state index contributed by atoms with van der Waals surface area (Å²) >= 11 is 0. The molecule has 0 unspecified atom stereocenters. The van der Waals surface area contributed by atoms with Gasteiger partial charge in [0.2, 0.25) is 0 Å². The number of hydrogen-bond donors (Lipinski definition) is 0. The lowest BCUT2D eigenvalue weighted by Crippen LogP contribution is -2.05. The fraction of sp³-hybridized carbons (Fsp3) is 0.316. The van der Waals surface area contributed by atoms with Gasteiger partial charge < -0.3 is 4.74 Å².